The third-order valence-corrected chi connectivity index (χ3v) is 3.80. The van der Waals surface area contributed by atoms with Crippen LogP contribution in [0.4, 0.5) is 0 Å². The summed E-state index contributed by atoms with van der Waals surface area (Å²) in [7, 11) is 0. The van der Waals surface area contributed by atoms with E-state index in [2.05, 4.69) is 63.2 Å². The van der Waals surface area contributed by atoms with E-state index in [-0.39, 0.29) is 31.6 Å². The van der Waals surface area contributed by atoms with E-state index < -0.39 is 0 Å². The number of carbonyl (C=O) groups is 1. The molecule has 3 rings (SSSR count). The number of rotatable bonds is 2. The van der Waals surface area contributed by atoms with Crippen molar-refractivity contribution in [1.82, 2.24) is 4.98 Å². The Bertz CT molecular complexity index is 973. The fraction of sp³-hybridized carbons (Fsp3) is 0.217. The average molecular weight is 539 g/mol. The van der Waals surface area contributed by atoms with Crippen LogP contribution in [0.25, 0.3) is 22.2 Å². The fourth-order valence-electron chi connectivity index (χ4n) is 2.77. The Kier molecular flexibility index (Phi) is 8.55. The van der Waals surface area contributed by atoms with Gasteiger partial charge in [-0.1, -0.05) is 25.1 Å². The Morgan fingerprint density at radius 2 is 1.74 bits per heavy atom. The van der Waals surface area contributed by atoms with Gasteiger partial charge in [-0.25, -0.2) is 0 Å². The number of ketones is 1. The van der Waals surface area contributed by atoms with E-state index in [1.165, 1.54) is 42.0 Å². The van der Waals surface area contributed by atoms with Crippen LogP contribution in [0.1, 0.15) is 30.5 Å². The topological polar surface area (TPSA) is 50.2 Å². The molecule has 4 heteroatoms. The number of aromatic nitrogens is 1. The van der Waals surface area contributed by atoms with Gasteiger partial charge in [0.25, 0.3) is 0 Å². The minimum Gasteiger partial charge on any atom is -0.512 e. The molecule has 2 aromatic carbocycles. The normalized spacial score (nSPS) is 10.6. The van der Waals surface area contributed by atoms with Crippen molar-refractivity contribution in [1.29, 1.82) is 0 Å². The number of pyridine rings is 1. The summed E-state index contributed by atoms with van der Waals surface area (Å²) in [6.45, 7) is 9.18. The van der Waals surface area contributed by atoms with Crippen LogP contribution in [0, 0.1) is 26.8 Å². The Hall–Kier alpha value is -2.29. The first kappa shape index (κ1) is 22.7. The third kappa shape index (κ3) is 6.74. The predicted molar refractivity (Wildman–Crippen MR) is 107 cm³/mol. The van der Waals surface area contributed by atoms with Crippen molar-refractivity contribution in [3.63, 3.8) is 0 Å². The van der Waals surface area contributed by atoms with Crippen LogP contribution < -0.4 is 0 Å². The van der Waals surface area contributed by atoms with Gasteiger partial charge in [0.1, 0.15) is 0 Å². The molecule has 0 fully saturated rings. The summed E-state index contributed by atoms with van der Waals surface area (Å²) < 4.78 is 0. The van der Waals surface area contributed by atoms with Gasteiger partial charge in [-0.15, -0.1) is 35.4 Å². The molecule has 0 bridgehead atoms. The number of hydrogen-bond acceptors (Lipinski definition) is 3. The van der Waals surface area contributed by atoms with Gasteiger partial charge in [-0.2, -0.15) is 0 Å². The maximum atomic E-state index is 10.0. The van der Waals surface area contributed by atoms with E-state index in [0.717, 1.165) is 16.8 Å². The molecule has 0 amide bonds. The van der Waals surface area contributed by atoms with Crippen LogP contribution in [-0.2, 0) is 24.9 Å². The second-order valence-electron chi connectivity index (χ2n) is 6.52. The zero-order chi connectivity index (χ0) is 19.3. The summed E-state index contributed by atoms with van der Waals surface area (Å²) in [5.41, 5.74) is 6.87. The molecule has 0 atom stereocenters. The van der Waals surface area contributed by atoms with E-state index in [4.69, 9.17) is 10.1 Å². The summed E-state index contributed by atoms with van der Waals surface area (Å²) >= 11 is 0. The quantitative estimate of drug-likeness (QED) is 0.260. The van der Waals surface area contributed by atoms with Gasteiger partial charge in [0.15, 0.2) is 5.78 Å². The van der Waals surface area contributed by atoms with Crippen LogP contribution in [0.5, 0.6) is 0 Å². The molecule has 0 unspecified atom stereocenters. The number of aryl methyl sites for hydroxylation is 3. The molecule has 143 valence electrons. The van der Waals surface area contributed by atoms with Crippen molar-refractivity contribution in [3.8, 4) is 11.3 Å². The van der Waals surface area contributed by atoms with Crippen molar-refractivity contribution in [3.05, 3.63) is 77.1 Å². The first-order valence-electron chi connectivity index (χ1n) is 8.51. The first-order chi connectivity index (χ1) is 12.3. The molecular formula is C23H24IrNO2-. The second-order valence-corrected chi connectivity index (χ2v) is 6.52. The standard InChI is InChI=1S/C18H16N.C5H8O2.Ir/c1-12-5-4-6-15(10-12)17-8-7-16-14(3)9-13(2)11-18(16)19-17;1-4(6)3-5(2)7;/h4-5,7-11H,1-3H3;3,6H,1-2H3;/q-1;;/b;4-3-;. The minimum atomic E-state index is -0.125. The number of fused-ring (bicyclic) bond motifs is 1. The molecule has 1 aromatic heterocycles. The fourth-order valence-corrected chi connectivity index (χ4v) is 2.77. The van der Waals surface area contributed by atoms with Crippen molar-refractivity contribution in [2.75, 3.05) is 0 Å². The molecule has 0 aliphatic rings. The molecule has 3 nitrogen and oxygen atoms in total. The largest absolute Gasteiger partial charge is 0.512 e. The summed E-state index contributed by atoms with van der Waals surface area (Å²) in [6, 6.07) is 18.0. The van der Waals surface area contributed by atoms with E-state index in [1.807, 2.05) is 6.07 Å². The molecule has 1 N–H and O–H groups in total. The maximum absolute atomic E-state index is 10.0. The van der Waals surface area contributed by atoms with Gasteiger partial charge in [-0.05, 0) is 50.6 Å². The maximum Gasteiger partial charge on any atom is 0.155 e. The summed E-state index contributed by atoms with van der Waals surface area (Å²) in [4.78, 5) is 14.8. The Labute approximate surface area is 174 Å². The number of aliphatic hydroxyl groups excluding tert-OH is 1. The summed E-state index contributed by atoms with van der Waals surface area (Å²) in [6.07, 6.45) is 1.17. The van der Waals surface area contributed by atoms with Gasteiger partial charge in [0.05, 0.1) is 11.3 Å². The van der Waals surface area contributed by atoms with Crippen LogP contribution in [-0.4, -0.2) is 15.9 Å². The molecule has 3 aromatic rings. The molecule has 0 saturated heterocycles. The SMILES string of the molecule is CC(=O)/C=C(/C)O.Cc1cc[c-]c(-c2ccc3c(C)cc(C)cc3n2)c1.[Ir]. The van der Waals surface area contributed by atoms with E-state index >= 15 is 0 Å². The molecule has 27 heavy (non-hydrogen) atoms. The molecule has 1 radical (unpaired) electrons. The van der Waals surface area contributed by atoms with Crippen molar-refractivity contribution in [2.45, 2.75) is 34.6 Å². The van der Waals surface area contributed by atoms with Gasteiger partial charge >= 0.3 is 0 Å². The molecule has 1 heterocycles. The van der Waals surface area contributed by atoms with Gasteiger partial charge in [0, 0.05) is 31.6 Å². The van der Waals surface area contributed by atoms with Crippen LogP contribution in [0.2, 0.25) is 0 Å². The molecular weight excluding hydrogens is 514 g/mol. The molecule has 0 aliphatic carbocycles. The van der Waals surface area contributed by atoms with Gasteiger partial charge in [0.2, 0.25) is 0 Å². The Morgan fingerprint density at radius 3 is 2.30 bits per heavy atom. The number of benzene rings is 2. The van der Waals surface area contributed by atoms with Crippen molar-refractivity contribution >= 4 is 16.7 Å². The van der Waals surface area contributed by atoms with E-state index in [9.17, 15) is 4.79 Å². The monoisotopic (exact) mass is 539 g/mol. The number of aliphatic hydroxyl groups is 1. The van der Waals surface area contributed by atoms with Crippen molar-refractivity contribution < 1.29 is 30.0 Å². The predicted octanol–water partition coefficient (Wildman–Crippen LogP) is 5.66. The Morgan fingerprint density at radius 1 is 1.04 bits per heavy atom. The number of carbonyl (C=O) groups excluding carboxylic acids is 1. The molecule has 0 spiro atoms. The first-order valence-corrected chi connectivity index (χ1v) is 8.51. The zero-order valence-electron chi connectivity index (χ0n) is 16.3. The molecule has 0 saturated carbocycles. The minimum absolute atomic E-state index is 0. The average Bonchev–Trinajstić information content (AvgIpc) is 2.53. The van der Waals surface area contributed by atoms with Gasteiger partial charge in [-0.3, -0.25) is 9.78 Å². The summed E-state index contributed by atoms with van der Waals surface area (Å²) in [5.74, 6) is -0.0625. The third-order valence-electron chi connectivity index (χ3n) is 3.80. The Balaban J connectivity index is 0.000000395. The zero-order valence-corrected chi connectivity index (χ0v) is 18.6. The van der Waals surface area contributed by atoms with Crippen LogP contribution in [0.3, 0.4) is 0 Å². The van der Waals surface area contributed by atoms with E-state index in [0.29, 0.717) is 0 Å². The number of hydrogen-bond donors (Lipinski definition) is 1. The summed E-state index contributed by atoms with van der Waals surface area (Å²) in [5, 5.41) is 9.59. The second kappa shape index (κ2) is 10.1. The van der Waals surface area contributed by atoms with Gasteiger partial charge < -0.3 is 5.11 Å². The van der Waals surface area contributed by atoms with Crippen molar-refractivity contribution in [2.24, 2.45) is 0 Å². The smallest absolute Gasteiger partial charge is 0.155 e. The molecule has 0 aliphatic heterocycles. The van der Waals surface area contributed by atoms with Crippen LogP contribution in [0.15, 0.2) is 54.3 Å². The van der Waals surface area contributed by atoms with E-state index in [1.54, 1.807) is 0 Å². The number of nitrogens with zero attached hydrogens (tertiary/aromatic N) is 1. The number of allylic oxidation sites excluding steroid dienone is 2. The van der Waals surface area contributed by atoms with Crippen LogP contribution >= 0.6 is 0 Å².